The van der Waals surface area contributed by atoms with E-state index >= 15 is 0 Å². The number of hydrogen-bond donors (Lipinski definition) is 1. The number of imidazole rings is 1. The number of H-pyrrole nitrogens is 1. The summed E-state index contributed by atoms with van der Waals surface area (Å²) in [5.74, 6) is -0.00348. The number of amides is 1. The summed E-state index contributed by atoms with van der Waals surface area (Å²) in [6, 6.07) is 5.98. The molecule has 110 valence electrons. The number of pyridine rings is 1. The highest BCUT2D eigenvalue weighted by Crippen LogP contribution is 2.20. The van der Waals surface area contributed by atoms with Crippen LogP contribution in [0.3, 0.4) is 0 Å². The van der Waals surface area contributed by atoms with Gasteiger partial charge in [-0.3, -0.25) is 4.79 Å². The van der Waals surface area contributed by atoms with E-state index in [1.807, 2.05) is 58.4 Å². The van der Waals surface area contributed by atoms with Gasteiger partial charge in [-0.2, -0.15) is 0 Å². The van der Waals surface area contributed by atoms with Crippen molar-refractivity contribution in [3.8, 4) is 11.1 Å². The van der Waals surface area contributed by atoms with Gasteiger partial charge in [0, 0.05) is 43.4 Å². The van der Waals surface area contributed by atoms with Gasteiger partial charge in [-0.15, -0.1) is 0 Å². The summed E-state index contributed by atoms with van der Waals surface area (Å²) in [6.45, 7) is 1.43. The predicted molar refractivity (Wildman–Crippen MR) is 84.6 cm³/mol. The molecule has 4 heterocycles. The van der Waals surface area contributed by atoms with Crippen molar-refractivity contribution in [2.75, 3.05) is 13.1 Å². The topological polar surface area (TPSA) is 53.4 Å². The zero-order chi connectivity index (χ0) is 14.9. The van der Waals surface area contributed by atoms with Crippen molar-refractivity contribution in [1.29, 1.82) is 0 Å². The Morgan fingerprint density at radius 3 is 2.86 bits per heavy atom. The van der Waals surface area contributed by atoms with Crippen LogP contribution in [-0.2, 0) is 0 Å². The Bertz CT molecular complexity index is 845. The van der Waals surface area contributed by atoms with Crippen LogP contribution in [0.25, 0.3) is 16.8 Å². The molecule has 0 bridgehead atoms. The van der Waals surface area contributed by atoms with Crippen LogP contribution in [0, 0.1) is 0 Å². The molecule has 22 heavy (non-hydrogen) atoms. The van der Waals surface area contributed by atoms with Gasteiger partial charge in [0.05, 0.1) is 0 Å². The number of hydrogen-bond acceptors (Lipinski definition) is 2. The highest BCUT2D eigenvalue weighted by Gasteiger charge is 2.19. The number of nitrogens with one attached hydrogen (secondary N) is 1. The van der Waals surface area contributed by atoms with E-state index in [0.29, 0.717) is 12.2 Å². The molecule has 4 rings (SSSR count). The summed E-state index contributed by atoms with van der Waals surface area (Å²) >= 11 is 0. The molecule has 0 fully saturated rings. The number of carbonyl (C=O) groups is 1. The van der Waals surface area contributed by atoms with Crippen molar-refractivity contribution in [3.63, 3.8) is 0 Å². The molecule has 5 heteroatoms. The Balaban J connectivity index is 1.68. The molecule has 0 saturated carbocycles. The highest BCUT2D eigenvalue weighted by atomic mass is 16.2. The molecule has 0 radical (unpaired) electrons. The Morgan fingerprint density at radius 1 is 1.14 bits per heavy atom. The lowest BCUT2D eigenvalue weighted by Crippen LogP contribution is -2.33. The molecule has 0 aromatic carbocycles. The van der Waals surface area contributed by atoms with E-state index in [2.05, 4.69) is 16.0 Å². The molecule has 0 aliphatic carbocycles. The summed E-state index contributed by atoms with van der Waals surface area (Å²) < 4.78 is 1.91. The molecule has 1 aliphatic heterocycles. The summed E-state index contributed by atoms with van der Waals surface area (Å²) in [7, 11) is 0. The average Bonchev–Trinajstić information content (AvgIpc) is 3.23. The Kier molecular flexibility index (Phi) is 3.04. The average molecular weight is 292 g/mol. The first kappa shape index (κ1) is 12.9. The van der Waals surface area contributed by atoms with Crippen LogP contribution < -0.4 is 0 Å². The minimum atomic E-state index is -0.00348. The van der Waals surface area contributed by atoms with Crippen molar-refractivity contribution in [3.05, 3.63) is 60.8 Å². The van der Waals surface area contributed by atoms with E-state index < -0.39 is 0 Å². The maximum Gasteiger partial charge on any atom is 0.274 e. The first-order valence-electron chi connectivity index (χ1n) is 7.37. The van der Waals surface area contributed by atoms with Gasteiger partial charge in [-0.1, -0.05) is 12.2 Å². The number of aromatic amines is 1. The smallest absolute Gasteiger partial charge is 0.274 e. The van der Waals surface area contributed by atoms with Crippen molar-refractivity contribution in [1.82, 2.24) is 19.3 Å². The number of rotatable bonds is 2. The summed E-state index contributed by atoms with van der Waals surface area (Å²) in [4.78, 5) is 21.8. The zero-order valence-electron chi connectivity index (χ0n) is 12.1. The second-order valence-corrected chi connectivity index (χ2v) is 5.42. The molecule has 5 nitrogen and oxygen atoms in total. The fourth-order valence-corrected chi connectivity index (χ4v) is 2.76. The SMILES string of the molecule is O=C(c1cn2cc(-c3cc[nH]c3)ccc2n1)N1CC=CCC1. The summed E-state index contributed by atoms with van der Waals surface area (Å²) in [5, 5.41) is 0. The van der Waals surface area contributed by atoms with Crippen molar-refractivity contribution >= 4 is 11.6 Å². The molecule has 3 aromatic rings. The van der Waals surface area contributed by atoms with Crippen LogP contribution in [0.15, 0.2) is 55.1 Å². The number of fused-ring (bicyclic) bond motifs is 1. The van der Waals surface area contributed by atoms with Crippen LogP contribution in [0.5, 0.6) is 0 Å². The van der Waals surface area contributed by atoms with Gasteiger partial charge in [-0.05, 0) is 30.2 Å². The van der Waals surface area contributed by atoms with Gasteiger partial charge >= 0.3 is 0 Å². The first-order valence-corrected chi connectivity index (χ1v) is 7.37. The molecule has 1 N–H and O–H groups in total. The predicted octanol–water partition coefficient (Wildman–Crippen LogP) is 2.73. The molecule has 0 saturated heterocycles. The third-order valence-electron chi connectivity index (χ3n) is 3.95. The van der Waals surface area contributed by atoms with Crippen LogP contribution >= 0.6 is 0 Å². The van der Waals surface area contributed by atoms with Gasteiger partial charge in [-0.25, -0.2) is 4.98 Å². The molecule has 1 amide bonds. The zero-order valence-corrected chi connectivity index (χ0v) is 12.1. The summed E-state index contributed by atoms with van der Waals surface area (Å²) in [6.07, 6.45) is 12.7. The van der Waals surface area contributed by atoms with Gasteiger partial charge in [0.25, 0.3) is 5.91 Å². The molecule has 3 aromatic heterocycles. The quantitative estimate of drug-likeness (QED) is 0.738. The number of nitrogens with zero attached hydrogens (tertiary/aromatic N) is 3. The van der Waals surface area contributed by atoms with Gasteiger partial charge in [0.15, 0.2) is 0 Å². The molecular weight excluding hydrogens is 276 g/mol. The van der Waals surface area contributed by atoms with E-state index in [4.69, 9.17) is 0 Å². The van der Waals surface area contributed by atoms with Crippen molar-refractivity contribution in [2.45, 2.75) is 6.42 Å². The lowest BCUT2D eigenvalue weighted by Gasteiger charge is -2.22. The molecule has 0 spiro atoms. The fraction of sp³-hybridized carbons (Fsp3) is 0.176. The molecule has 0 unspecified atom stereocenters. The Hall–Kier alpha value is -2.82. The molecular formula is C17H16N4O. The van der Waals surface area contributed by atoms with E-state index in [0.717, 1.165) is 29.7 Å². The van der Waals surface area contributed by atoms with E-state index in [9.17, 15) is 4.79 Å². The third-order valence-corrected chi connectivity index (χ3v) is 3.95. The highest BCUT2D eigenvalue weighted by molar-refractivity contribution is 5.93. The Labute approximate surface area is 127 Å². The Morgan fingerprint density at radius 2 is 2.09 bits per heavy atom. The van der Waals surface area contributed by atoms with Crippen molar-refractivity contribution in [2.24, 2.45) is 0 Å². The largest absolute Gasteiger partial charge is 0.367 e. The fourth-order valence-electron chi connectivity index (χ4n) is 2.76. The monoisotopic (exact) mass is 292 g/mol. The van der Waals surface area contributed by atoms with Crippen molar-refractivity contribution < 1.29 is 4.79 Å². The normalized spacial score (nSPS) is 14.6. The minimum Gasteiger partial charge on any atom is -0.367 e. The van der Waals surface area contributed by atoms with Crippen LogP contribution in [0.2, 0.25) is 0 Å². The van der Waals surface area contributed by atoms with Crippen LogP contribution in [-0.4, -0.2) is 38.3 Å². The maximum atomic E-state index is 12.5. The lowest BCUT2D eigenvalue weighted by atomic mass is 10.1. The maximum absolute atomic E-state index is 12.5. The first-order chi connectivity index (χ1) is 10.8. The molecule has 0 atom stereocenters. The van der Waals surface area contributed by atoms with E-state index in [-0.39, 0.29) is 5.91 Å². The lowest BCUT2D eigenvalue weighted by molar-refractivity contribution is 0.0766. The second kappa shape index (κ2) is 5.18. The van der Waals surface area contributed by atoms with Gasteiger partial charge < -0.3 is 14.3 Å². The van der Waals surface area contributed by atoms with E-state index in [1.165, 1.54) is 0 Å². The minimum absolute atomic E-state index is 0.00348. The second-order valence-electron chi connectivity index (χ2n) is 5.42. The van der Waals surface area contributed by atoms with Crippen LogP contribution in [0.1, 0.15) is 16.9 Å². The number of aromatic nitrogens is 3. The van der Waals surface area contributed by atoms with Gasteiger partial charge in [0.1, 0.15) is 11.3 Å². The molecule has 1 aliphatic rings. The standard InChI is InChI=1S/C17H16N4O/c22-17(20-8-2-1-3-9-20)15-12-21-11-14(4-5-16(21)19-15)13-6-7-18-10-13/h1-2,4-7,10-12,18H,3,8-9H2. The number of carbonyl (C=O) groups excluding carboxylic acids is 1. The van der Waals surface area contributed by atoms with Crippen LogP contribution in [0.4, 0.5) is 0 Å². The van der Waals surface area contributed by atoms with Gasteiger partial charge in [0.2, 0.25) is 0 Å². The third kappa shape index (κ3) is 2.20. The summed E-state index contributed by atoms with van der Waals surface area (Å²) in [5.41, 5.74) is 3.49. The van der Waals surface area contributed by atoms with E-state index in [1.54, 1.807) is 0 Å².